The first-order chi connectivity index (χ1) is 9.29. The summed E-state index contributed by atoms with van der Waals surface area (Å²) in [6.45, 7) is -1.74. The molecule has 1 fully saturated rings. The molecule has 5 nitrogen and oxygen atoms in total. The summed E-state index contributed by atoms with van der Waals surface area (Å²) in [6.07, 6.45) is -4.55. The second-order valence-electron chi connectivity index (χ2n) is 4.29. The first-order valence-electron chi connectivity index (χ1n) is 5.69. The number of carbonyl (C=O) groups excluding carboxylic acids is 2. The summed E-state index contributed by atoms with van der Waals surface area (Å²) < 4.78 is 36.8. The van der Waals surface area contributed by atoms with Crippen molar-refractivity contribution < 1.29 is 27.6 Å². The molecule has 1 aromatic rings. The van der Waals surface area contributed by atoms with Gasteiger partial charge in [0.05, 0.1) is 12.5 Å². The van der Waals surface area contributed by atoms with Gasteiger partial charge in [0.15, 0.2) is 0 Å². The second kappa shape index (κ2) is 5.12. The zero-order valence-electron chi connectivity index (χ0n) is 10.2. The largest absolute Gasteiger partial charge is 0.408 e. The minimum atomic E-state index is -4.55. The number of carbonyl (C=O) groups is 2. The molecule has 0 bridgehead atoms. The average Bonchev–Trinajstić information content (AvgIpc) is 2.69. The van der Waals surface area contributed by atoms with E-state index in [1.807, 2.05) is 0 Å². The highest BCUT2D eigenvalue weighted by Crippen LogP contribution is 2.30. The Balaban J connectivity index is 2.24. The van der Waals surface area contributed by atoms with Gasteiger partial charge in [-0.3, -0.25) is 14.4 Å². The summed E-state index contributed by atoms with van der Waals surface area (Å²) in [5.41, 5.74) is 5.55. The number of nitrogens with zero attached hydrogens (tertiary/aromatic N) is 1. The average molecular weight is 288 g/mol. The highest BCUT2D eigenvalue weighted by Gasteiger charge is 2.42. The number of amides is 2. The molecule has 8 heteroatoms. The molecule has 2 N–H and O–H groups in total. The number of hydrogen-bond donors (Lipinski definition) is 1. The van der Waals surface area contributed by atoms with E-state index in [0.717, 1.165) is 0 Å². The van der Waals surface area contributed by atoms with Crippen LogP contribution in [0.1, 0.15) is 21.8 Å². The van der Waals surface area contributed by atoms with Crippen molar-refractivity contribution >= 4 is 11.8 Å². The third kappa shape index (κ3) is 2.90. The molecule has 2 rings (SSSR count). The molecule has 20 heavy (non-hydrogen) atoms. The normalized spacial score (nSPS) is 19.4. The van der Waals surface area contributed by atoms with E-state index < -0.39 is 30.5 Å². The Bertz CT molecular complexity index is 545. The Morgan fingerprint density at radius 3 is 2.65 bits per heavy atom. The Kier molecular flexibility index (Phi) is 3.67. The van der Waals surface area contributed by atoms with E-state index in [1.54, 1.807) is 12.1 Å². The molecule has 0 unspecified atom stereocenters. The predicted molar refractivity (Wildman–Crippen MR) is 61.4 cm³/mol. The van der Waals surface area contributed by atoms with Crippen LogP contribution in [0.4, 0.5) is 13.2 Å². The van der Waals surface area contributed by atoms with Crippen molar-refractivity contribution in [3.8, 4) is 0 Å². The van der Waals surface area contributed by atoms with Crippen LogP contribution in [0.5, 0.6) is 0 Å². The Morgan fingerprint density at radius 2 is 2.05 bits per heavy atom. The van der Waals surface area contributed by atoms with Gasteiger partial charge in [-0.25, -0.2) is 5.06 Å². The van der Waals surface area contributed by atoms with Crippen molar-refractivity contribution in [2.75, 3.05) is 13.2 Å². The maximum Gasteiger partial charge on any atom is 0.408 e. The molecule has 1 aromatic carbocycles. The highest BCUT2D eigenvalue weighted by atomic mass is 19.4. The van der Waals surface area contributed by atoms with Gasteiger partial charge in [0.1, 0.15) is 6.54 Å². The third-order valence-electron chi connectivity index (χ3n) is 2.87. The topological polar surface area (TPSA) is 72.6 Å². The van der Waals surface area contributed by atoms with Crippen LogP contribution >= 0.6 is 0 Å². The third-order valence-corrected chi connectivity index (χ3v) is 2.87. The van der Waals surface area contributed by atoms with Crippen molar-refractivity contribution in [3.05, 3.63) is 35.4 Å². The number of nitrogens with two attached hydrogens (primary N) is 1. The summed E-state index contributed by atoms with van der Waals surface area (Å²) in [5.74, 6) is -2.54. The summed E-state index contributed by atoms with van der Waals surface area (Å²) in [7, 11) is 0. The van der Waals surface area contributed by atoms with Gasteiger partial charge in [-0.2, -0.15) is 13.2 Å². The molecule has 1 atom stereocenters. The first kappa shape index (κ1) is 14.3. The van der Waals surface area contributed by atoms with Crippen molar-refractivity contribution in [2.45, 2.75) is 12.1 Å². The van der Waals surface area contributed by atoms with Gasteiger partial charge in [-0.15, -0.1) is 0 Å². The number of rotatable bonds is 3. The quantitative estimate of drug-likeness (QED) is 0.908. The predicted octanol–water partition coefficient (Wildman–Crippen LogP) is 1.21. The van der Waals surface area contributed by atoms with Crippen molar-refractivity contribution in [3.63, 3.8) is 0 Å². The number of benzene rings is 1. The molecule has 1 saturated heterocycles. The SMILES string of the molecule is NC(=O)c1ccccc1[C@@H]1CON(CC(F)(F)F)C1=O. The van der Waals surface area contributed by atoms with Crippen molar-refractivity contribution in [2.24, 2.45) is 5.73 Å². The van der Waals surface area contributed by atoms with Crippen molar-refractivity contribution in [1.82, 2.24) is 5.06 Å². The Labute approximate surface area is 112 Å². The zero-order chi connectivity index (χ0) is 14.9. The summed E-state index contributed by atoms with van der Waals surface area (Å²) in [4.78, 5) is 27.9. The second-order valence-corrected chi connectivity index (χ2v) is 4.29. The van der Waals surface area contributed by atoms with Crippen LogP contribution in [-0.2, 0) is 9.63 Å². The van der Waals surface area contributed by atoms with Gasteiger partial charge in [-0.1, -0.05) is 18.2 Å². The maximum absolute atomic E-state index is 12.3. The molecule has 0 radical (unpaired) electrons. The van der Waals surface area contributed by atoms with E-state index in [-0.39, 0.29) is 22.8 Å². The molecular formula is C12H11F3N2O3. The molecule has 0 saturated carbocycles. The minimum absolute atomic E-state index is 0.100. The van der Waals surface area contributed by atoms with E-state index in [9.17, 15) is 22.8 Å². The molecule has 1 aliphatic heterocycles. The number of halogens is 3. The molecule has 1 heterocycles. The lowest BCUT2D eigenvalue weighted by Gasteiger charge is -2.16. The lowest BCUT2D eigenvalue weighted by molar-refractivity contribution is -0.214. The fourth-order valence-corrected chi connectivity index (χ4v) is 2.01. The van der Waals surface area contributed by atoms with Gasteiger partial charge in [0, 0.05) is 5.56 Å². The van der Waals surface area contributed by atoms with Crippen LogP contribution in [0.2, 0.25) is 0 Å². The molecule has 1 aliphatic rings. The fourth-order valence-electron chi connectivity index (χ4n) is 2.01. The van der Waals surface area contributed by atoms with Crippen LogP contribution < -0.4 is 5.73 Å². The molecule has 108 valence electrons. The van der Waals surface area contributed by atoms with Crippen LogP contribution in [0.25, 0.3) is 0 Å². The van der Waals surface area contributed by atoms with Gasteiger partial charge >= 0.3 is 6.18 Å². The number of alkyl halides is 3. The summed E-state index contributed by atoms with van der Waals surface area (Å²) >= 11 is 0. The zero-order valence-corrected chi connectivity index (χ0v) is 10.2. The van der Waals surface area contributed by atoms with Gasteiger partial charge in [-0.05, 0) is 11.6 Å². The Morgan fingerprint density at radius 1 is 1.40 bits per heavy atom. The van der Waals surface area contributed by atoms with E-state index in [4.69, 9.17) is 10.6 Å². The minimum Gasteiger partial charge on any atom is -0.366 e. The summed E-state index contributed by atoms with van der Waals surface area (Å²) in [6, 6.07) is 6.01. The number of primary amides is 1. The first-order valence-corrected chi connectivity index (χ1v) is 5.69. The Hall–Kier alpha value is -2.09. The standard InChI is InChI=1S/C12H11F3N2O3/c13-12(14,15)6-17-11(19)9(5-20-17)7-3-1-2-4-8(7)10(16)18/h1-4,9H,5-6H2,(H2,16,18)/t9-/m0/s1. The fraction of sp³-hybridized carbons (Fsp3) is 0.333. The van der Waals surface area contributed by atoms with E-state index in [2.05, 4.69) is 0 Å². The van der Waals surface area contributed by atoms with Crippen LogP contribution in [0.15, 0.2) is 24.3 Å². The number of hydroxylamine groups is 2. The summed E-state index contributed by atoms with van der Waals surface area (Å²) in [5, 5.41) is 0.266. The molecule has 0 aromatic heterocycles. The van der Waals surface area contributed by atoms with Crippen LogP contribution in [-0.4, -0.2) is 36.2 Å². The molecule has 0 spiro atoms. The van der Waals surface area contributed by atoms with E-state index in [1.165, 1.54) is 12.1 Å². The van der Waals surface area contributed by atoms with E-state index in [0.29, 0.717) is 0 Å². The van der Waals surface area contributed by atoms with Crippen LogP contribution in [0.3, 0.4) is 0 Å². The van der Waals surface area contributed by atoms with E-state index >= 15 is 0 Å². The van der Waals surface area contributed by atoms with Gasteiger partial charge in [0.2, 0.25) is 5.91 Å². The van der Waals surface area contributed by atoms with Crippen LogP contribution in [0, 0.1) is 0 Å². The molecular weight excluding hydrogens is 277 g/mol. The highest BCUT2D eigenvalue weighted by molar-refractivity contribution is 5.97. The lowest BCUT2D eigenvalue weighted by atomic mass is 9.94. The van der Waals surface area contributed by atoms with Crippen molar-refractivity contribution in [1.29, 1.82) is 0 Å². The molecule has 2 amide bonds. The monoisotopic (exact) mass is 288 g/mol. The molecule has 0 aliphatic carbocycles. The number of hydrogen-bond acceptors (Lipinski definition) is 3. The van der Waals surface area contributed by atoms with Gasteiger partial charge < -0.3 is 5.73 Å². The maximum atomic E-state index is 12.3. The lowest BCUT2D eigenvalue weighted by Crippen LogP contribution is -2.35. The smallest absolute Gasteiger partial charge is 0.366 e. The van der Waals surface area contributed by atoms with Gasteiger partial charge in [0.25, 0.3) is 5.91 Å².